The van der Waals surface area contributed by atoms with Crippen LogP contribution in [0.4, 0.5) is 25.8 Å². The van der Waals surface area contributed by atoms with E-state index in [1.807, 2.05) is 17.2 Å². The summed E-state index contributed by atoms with van der Waals surface area (Å²) in [5.74, 6) is -0.821. The molecule has 1 aromatic heterocycles. The molecule has 1 atom stereocenters. The molecule has 1 N–H and O–H groups in total. The van der Waals surface area contributed by atoms with Gasteiger partial charge in [-0.25, -0.2) is 8.78 Å². The highest BCUT2D eigenvalue weighted by atomic mass is 19.1. The van der Waals surface area contributed by atoms with Crippen LogP contribution in [0.15, 0.2) is 34.8 Å². The van der Waals surface area contributed by atoms with Gasteiger partial charge in [-0.2, -0.15) is 0 Å². The smallest absolute Gasteiger partial charge is 0.196 e. The van der Waals surface area contributed by atoms with Crippen molar-refractivity contribution in [3.63, 3.8) is 0 Å². The quantitative estimate of drug-likeness (QED) is 0.363. The van der Waals surface area contributed by atoms with E-state index in [-0.39, 0.29) is 41.4 Å². The summed E-state index contributed by atoms with van der Waals surface area (Å²) in [6, 6.07) is 5.17. The molecule has 2 aromatic carbocycles. The second kappa shape index (κ2) is 12.2. The first-order chi connectivity index (χ1) is 23.2. The number of carbonyl (C=O) groups is 1. The number of ether oxygens (including phenoxy) is 1. The van der Waals surface area contributed by atoms with Crippen molar-refractivity contribution < 1.29 is 18.3 Å². The molecule has 11 heteroatoms. The molecule has 4 heterocycles. The number of Topliss-reactive ketones (excluding diaryl/α,β-unsaturated/α-hetero) is 1. The van der Waals surface area contributed by atoms with Gasteiger partial charge in [-0.1, -0.05) is 6.92 Å². The molecule has 8 rings (SSSR count). The van der Waals surface area contributed by atoms with Crippen LogP contribution in [-0.2, 0) is 0 Å². The number of rotatable bonds is 7. The van der Waals surface area contributed by atoms with Crippen LogP contribution in [0.1, 0.15) is 61.5 Å². The van der Waals surface area contributed by atoms with E-state index < -0.39 is 11.6 Å². The zero-order valence-corrected chi connectivity index (χ0v) is 28.0. The Balaban J connectivity index is 1.21. The molecule has 9 nitrogen and oxygen atoms in total. The van der Waals surface area contributed by atoms with Gasteiger partial charge in [0.05, 0.1) is 29.6 Å². The monoisotopic (exact) mass is 658 g/mol. The summed E-state index contributed by atoms with van der Waals surface area (Å²) in [4.78, 5) is 36.8. The Bertz CT molecular complexity index is 1880. The lowest BCUT2D eigenvalue weighted by atomic mass is 9.92. The zero-order valence-electron chi connectivity index (χ0n) is 28.0. The molecule has 48 heavy (non-hydrogen) atoms. The number of anilines is 3. The Hall–Kier alpha value is -3.96. The summed E-state index contributed by atoms with van der Waals surface area (Å²) < 4.78 is 39.8. The number of nitrogens with zero attached hydrogens (tertiary/aromatic N) is 5. The summed E-state index contributed by atoms with van der Waals surface area (Å²) in [5.41, 5.74) is 2.99. The number of piperazine rings is 2. The topological polar surface area (TPSA) is 73.3 Å². The maximum atomic E-state index is 16.0. The first-order valence-electron chi connectivity index (χ1n) is 17.5. The van der Waals surface area contributed by atoms with Crippen molar-refractivity contribution in [2.24, 2.45) is 0 Å². The second-order valence-electron chi connectivity index (χ2n) is 14.1. The molecule has 0 bridgehead atoms. The van der Waals surface area contributed by atoms with Crippen molar-refractivity contribution in [2.45, 2.75) is 57.7 Å². The molecule has 2 saturated carbocycles. The molecule has 3 aromatic rings. The molecule has 0 amide bonds. The predicted molar refractivity (Wildman–Crippen MR) is 186 cm³/mol. The lowest BCUT2D eigenvalue weighted by Crippen LogP contribution is -2.49. The van der Waals surface area contributed by atoms with Crippen LogP contribution in [-0.4, -0.2) is 93.3 Å². The molecule has 2 saturated heterocycles. The van der Waals surface area contributed by atoms with Crippen molar-refractivity contribution in [2.75, 3.05) is 80.7 Å². The number of hydrogen-bond donors (Lipinski definition) is 1. The highest BCUT2D eigenvalue weighted by Crippen LogP contribution is 2.49. The number of benzene rings is 2. The van der Waals surface area contributed by atoms with E-state index in [0.29, 0.717) is 52.4 Å². The number of carbonyl (C=O) groups excluding carboxylic acids is 1. The number of aromatic nitrogens is 1. The van der Waals surface area contributed by atoms with Crippen molar-refractivity contribution >= 4 is 39.8 Å². The van der Waals surface area contributed by atoms with Gasteiger partial charge in [0.2, 0.25) is 0 Å². The van der Waals surface area contributed by atoms with Gasteiger partial charge in [0.25, 0.3) is 0 Å². The first-order valence-corrected chi connectivity index (χ1v) is 17.5. The average molecular weight is 659 g/mol. The highest BCUT2D eigenvalue weighted by Gasteiger charge is 2.41. The van der Waals surface area contributed by atoms with Gasteiger partial charge < -0.3 is 34.2 Å². The van der Waals surface area contributed by atoms with Crippen molar-refractivity contribution in [3.8, 4) is 5.75 Å². The van der Waals surface area contributed by atoms with Gasteiger partial charge in [0.15, 0.2) is 22.8 Å². The zero-order chi connectivity index (χ0) is 33.3. The Morgan fingerprint density at radius 2 is 1.69 bits per heavy atom. The molecule has 5 aliphatic rings. The van der Waals surface area contributed by atoms with Crippen LogP contribution in [0.5, 0.6) is 5.75 Å². The van der Waals surface area contributed by atoms with Crippen LogP contribution in [0, 0.1) is 11.6 Å². The van der Waals surface area contributed by atoms with Crippen LogP contribution >= 0.6 is 0 Å². The minimum atomic E-state index is -0.491. The summed E-state index contributed by atoms with van der Waals surface area (Å²) in [6.45, 7) is 10.7. The number of methoxy groups -OCH3 is 1. The number of likely N-dealkylation sites (N-methyl/N-ethyl adjacent to an activating group) is 1. The molecule has 254 valence electrons. The van der Waals surface area contributed by atoms with E-state index in [0.717, 1.165) is 70.5 Å². The fourth-order valence-corrected chi connectivity index (χ4v) is 7.88. The van der Waals surface area contributed by atoms with Gasteiger partial charge in [0, 0.05) is 93.2 Å². The van der Waals surface area contributed by atoms with E-state index in [1.165, 1.54) is 19.2 Å². The molecule has 0 radical (unpaired) electrons. The third-order valence-electron chi connectivity index (χ3n) is 10.8. The SMILES string of the molecule is CCN1CCN(c2cc3c(cc2F)c(=O)c(/C=C2\CN(C4CC4)c4c(cc(F)c(N5CCNC(C)C5)c4OC)C2=O)cn3C2CC2)CC1. The van der Waals surface area contributed by atoms with E-state index in [4.69, 9.17) is 4.74 Å². The minimum absolute atomic E-state index is 0.188. The van der Waals surface area contributed by atoms with Crippen molar-refractivity contribution in [1.29, 1.82) is 0 Å². The second-order valence-corrected chi connectivity index (χ2v) is 14.1. The molecule has 4 fully saturated rings. The standard InChI is InChI=1S/C37H44F2N6O3/c1-4-41-11-13-42(14-12-41)32-18-31-27(16-29(32)38)35(46)23(20-44(31)25-5-6-25)15-24-21-45(26-7-8-26)33-28(36(24)47)17-30(39)34(37(33)48-3)43-10-9-40-22(2)19-43/h15-18,20,22,25-26,40H,4-14,19,21H2,1-3H3/b24-15+. The fourth-order valence-electron chi connectivity index (χ4n) is 7.88. The normalized spacial score (nSPS) is 22.9. The maximum Gasteiger partial charge on any atom is 0.196 e. The lowest BCUT2D eigenvalue weighted by molar-refractivity contribution is 0.103. The summed E-state index contributed by atoms with van der Waals surface area (Å²) >= 11 is 0. The molecule has 0 spiro atoms. The summed E-state index contributed by atoms with van der Waals surface area (Å²) in [5, 5.41) is 3.71. The molecule has 3 aliphatic heterocycles. The maximum absolute atomic E-state index is 16.0. The number of fused-ring (bicyclic) bond motifs is 2. The van der Waals surface area contributed by atoms with E-state index in [9.17, 15) is 9.59 Å². The fraction of sp³-hybridized carbons (Fsp3) is 0.514. The van der Waals surface area contributed by atoms with Crippen LogP contribution in [0.25, 0.3) is 17.0 Å². The number of ketones is 1. The minimum Gasteiger partial charge on any atom is -0.492 e. The number of pyridine rings is 1. The number of hydrogen-bond acceptors (Lipinski definition) is 8. The average Bonchev–Trinajstić information content (AvgIpc) is 4.01. The lowest BCUT2D eigenvalue weighted by Gasteiger charge is -2.38. The van der Waals surface area contributed by atoms with Crippen LogP contribution in [0.2, 0.25) is 0 Å². The first kappa shape index (κ1) is 31.3. The van der Waals surface area contributed by atoms with Gasteiger partial charge in [-0.05, 0) is 63.4 Å². The summed E-state index contributed by atoms with van der Waals surface area (Å²) in [6.07, 6.45) is 7.37. The van der Waals surface area contributed by atoms with Crippen molar-refractivity contribution in [1.82, 2.24) is 14.8 Å². The Morgan fingerprint density at radius 3 is 2.35 bits per heavy atom. The Morgan fingerprint density at radius 1 is 0.938 bits per heavy atom. The number of halogens is 2. The van der Waals surface area contributed by atoms with E-state index >= 15 is 8.78 Å². The van der Waals surface area contributed by atoms with Crippen LogP contribution in [0.3, 0.4) is 0 Å². The Labute approximate surface area is 279 Å². The predicted octanol–water partition coefficient (Wildman–Crippen LogP) is 4.81. The molecular weight excluding hydrogens is 614 g/mol. The largest absolute Gasteiger partial charge is 0.492 e. The van der Waals surface area contributed by atoms with Gasteiger partial charge >= 0.3 is 0 Å². The third-order valence-corrected chi connectivity index (χ3v) is 10.8. The number of nitrogens with one attached hydrogen (secondary N) is 1. The van der Waals surface area contributed by atoms with Gasteiger partial charge in [-0.15, -0.1) is 0 Å². The van der Waals surface area contributed by atoms with Crippen LogP contribution < -0.4 is 30.2 Å². The highest BCUT2D eigenvalue weighted by molar-refractivity contribution is 6.18. The third kappa shape index (κ3) is 5.44. The summed E-state index contributed by atoms with van der Waals surface area (Å²) in [7, 11) is 1.54. The molecule has 2 aliphatic carbocycles. The van der Waals surface area contributed by atoms with E-state index in [1.54, 1.807) is 6.08 Å². The molecular formula is C37H44F2N6O3. The van der Waals surface area contributed by atoms with Gasteiger partial charge in [0.1, 0.15) is 11.5 Å². The van der Waals surface area contributed by atoms with Crippen molar-refractivity contribution in [3.05, 3.63) is 63.0 Å². The van der Waals surface area contributed by atoms with E-state index in [2.05, 4.69) is 38.4 Å². The molecule has 1 unspecified atom stereocenters. The van der Waals surface area contributed by atoms with Gasteiger partial charge in [-0.3, -0.25) is 9.59 Å². The Kier molecular flexibility index (Phi) is 7.94.